The summed E-state index contributed by atoms with van der Waals surface area (Å²) in [5.74, 6) is 2.52. The monoisotopic (exact) mass is 237 g/mol. The molecule has 0 aromatic carbocycles. The van der Waals surface area contributed by atoms with Gasteiger partial charge in [0.15, 0.2) is 0 Å². The number of ether oxygens (including phenoxy) is 1. The summed E-state index contributed by atoms with van der Waals surface area (Å²) in [7, 11) is 1.76. The Morgan fingerprint density at radius 1 is 1.29 bits per heavy atom. The molecular formula is C14H23NO2. The number of carbonyl (C=O) groups is 1. The van der Waals surface area contributed by atoms with Crippen LogP contribution in [0.15, 0.2) is 0 Å². The van der Waals surface area contributed by atoms with E-state index in [1.54, 1.807) is 7.11 Å². The summed E-state index contributed by atoms with van der Waals surface area (Å²) in [6, 6.07) is 0. The molecule has 17 heavy (non-hydrogen) atoms. The number of amides is 1. The van der Waals surface area contributed by atoms with Crippen molar-refractivity contribution in [3.8, 4) is 0 Å². The first kappa shape index (κ1) is 11.5. The van der Waals surface area contributed by atoms with Crippen LogP contribution in [-0.4, -0.2) is 36.6 Å². The molecule has 1 saturated heterocycles. The SMILES string of the molecule is COC1(C)CCCN(C(=O)C2CC3CC3C2)C1. The highest BCUT2D eigenvalue weighted by molar-refractivity contribution is 5.79. The van der Waals surface area contributed by atoms with E-state index in [9.17, 15) is 4.79 Å². The van der Waals surface area contributed by atoms with E-state index in [1.165, 1.54) is 6.42 Å². The Morgan fingerprint density at radius 3 is 2.65 bits per heavy atom. The lowest BCUT2D eigenvalue weighted by Crippen LogP contribution is -2.51. The molecule has 3 rings (SSSR count). The molecule has 3 unspecified atom stereocenters. The number of likely N-dealkylation sites (tertiary alicyclic amines) is 1. The number of hydrogen-bond donors (Lipinski definition) is 0. The predicted octanol–water partition coefficient (Wildman–Crippen LogP) is 2.06. The average molecular weight is 237 g/mol. The second-order valence-electron chi connectivity index (χ2n) is 6.44. The van der Waals surface area contributed by atoms with Crippen LogP contribution in [0.4, 0.5) is 0 Å². The van der Waals surface area contributed by atoms with E-state index >= 15 is 0 Å². The Morgan fingerprint density at radius 2 is 2.00 bits per heavy atom. The molecule has 3 nitrogen and oxygen atoms in total. The van der Waals surface area contributed by atoms with E-state index < -0.39 is 0 Å². The number of nitrogens with zero attached hydrogens (tertiary/aromatic N) is 1. The highest BCUT2D eigenvalue weighted by Crippen LogP contribution is 2.54. The van der Waals surface area contributed by atoms with Gasteiger partial charge in [0.2, 0.25) is 5.91 Å². The summed E-state index contributed by atoms with van der Waals surface area (Å²) in [5.41, 5.74) is -0.116. The molecule has 3 fully saturated rings. The molecule has 3 atom stereocenters. The lowest BCUT2D eigenvalue weighted by Gasteiger charge is -2.40. The van der Waals surface area contributed by atoms with Crippen molar-refractivity contribution in [3.05, 3.63) is 0 Å². The first-order valence-corrected chi connectivity index (χ1v) is 6.95. The van der Waals surface area contributed by atoms with Crippen molar-refractivity contribution in [1.29, 1.82) is 0 Å². The number of methoxy groups -OCH3 is 1. The van der Waals surface area contributed by atoms with Crippen LogP contribution in [0.1, 0.15) is 39.0 Å². The third-order valence-electron chi connectivity index (χ3n) is 5.06. The van der Waals surface area contributed by atoms with Crippen LogP contribution in [0.25, 0.3) is 0 Å². The van der Waals surface area contributed by atoms with E-state index in [0.717, 1.165) is 50.6 Å². The maximum absolute atomic E-state index is 12.4. The molecule has 3 heteroatoms. The van der Waals surface area contributed by atoms with Gasteiger partial charge in [-0.15, -0.1) is 0 Å². The topological polar surface area (TPSA) is 29.5 Å². The zero-order chi connectivity index (χ0) is 12.0. The Balaban J connectivity index is 1.61. The van der Waals surface area contributed by atoms with Crippen LogP contribution >= 0.6 is 0 Å². The fraction of sp³-hybridized carbons (Fsp3) is 0.929. The summed E-state index contributed by atoms with van der Waals surface area (Å²) in [5, 5.41) is 0. The first-order valence-electron chi connectivity index (χ1n) is 6.95. The summed E-state index contributed by atoms with van der Waals surface area (Å²) in [6.07, 6.45) is 5.85. The largest absolute Gasteiger partial charge is 0.377 e. The van der Waals surface area contributed by atoms with Crippen molar-refractivity contribution < 1.29 is 9.53 Å². The minimum atomic E-state index is -0.116. The van der Waals surface area contributed by atoms with Crippen molar-refractivity contribution in [1.82, 2.24) is 4.90 Å². The molecule has 1 amide bonds. The molecule has 2 saturated carbocycles. The molecule has 2 aliphatic carbocycles. The molecule has 3 aliphatic rings. The van der Waals surface area contributed by atoms with Gasteiger partial charge >= 0.3 is 0 Å². The van der Waals surface area contributed by atoms with Crippen LogP contribution in [0, 0.1) is 17.8 Å². The highest BCUT2D eigenvalue weighted by Gasteiger charge is 2.49. The van der Waals surface area contributed by atoms with E-state index in [2.05, 4.69) is 11.8 Å². The third-order valence-corrected chi connectivity index (χ3v) is 5.06. The number of piperidine rings is 1. The number of rotatable bonds is 2. The Labute approximate surface area is 104 Å². The summed E-state index contributed by atoms with van der Waals surface area (Å²) < 4.78 is 5.56. The maximum atomic E-state index is 12.4. The van der Waals surface area contributed by atoms with Gasteiger partial charge in [-0.2, -0.15) is 0 Å². The van der Waals surface area contributed by atoms with Crippen LogP contribution in [-0.2, 0) is 9.53 Å². The average Bonchev–Trinajstić information content (AvgIpc) is 2.95. The molecule has 1 heterocycles. The van der Waals surface area contributed by atoms with Crippen molar-refractivity contribution in [2.24, 2.45) is 17.8 Å². The number of carbonyl (C=O) groups excluding carboxylic acids is 1. The van der Waals surface area contributed by atoms with Gasteiger partial charge in [-0.1, -0.05) is 0 Å². The van der Waals surface area contributed by atoms with Crippen molar-refractivity contribution in [2.75, 3.05) is 20.2 Å². The smallest absolute Gasteiger partial charge is 0.225 e. The number of hydrogen-bond acceptors (Lipinski definition) is 2. The summed E-state index contributed by atoms with van der Waals surface area (Å²) in [4.78, 5) is 14.5. The van der Waals surface area contributed by atoms with Gasteiger partial charge in [-0.05, 0) is 50.9 Å². The van der Waals surface area contributed by atoms with E-state index in [0.29, 0.717) is 11.8 Å². The van der Waals surface area contributed by atoms with Crippen LogP contribution < -0.4 is 0 Å². The number of fused-ring (bicyclic) bond motifs is 1. The molecule has 0 aromatic rings. The molecule has 0 N–H and O–H groups in total. The van der Waals surface area contributed by atoms with Crippen LogP contribution in [0.5, 0.6) is 0 Å². The van der Waals surface area contributed by atoms with Crippen molar-refractivity contribution in [2.45, 2.75) is 44.6 Å². The zero-order valence-electron chi connectivity index (χ0n) is 10.9. The van der Waals surface area contributed by atoms with Crippen molar-refractivity contribution >= 4 is 5.91 Å². The minimum Gasteiger partial charge on any atom is -0.377 e. The quantitative estimate of drug-likeness (QED) is 0.735. The van der Waals surface area contributed by atoms with Gasteiger partial charge in [0.05, 0.1) is 5.60 Å². The molecule has 96 valence electrons. The standard InChI is InChI=1S/C14H23NO2/c1-14(17-2)4-3-5-15(9-14)13(16)12-7-10-6-11(10)8-12/h10-12H,3-9H2,1-2H3. The van der Waals surface area contributed by atoms with Crippen molar-refractivity contribution in [3.63, 3.8) is 0 Å². The molecule has 0 radical (unpaired) electrons. The van der Waals surface area contributed by atoms with Crippen LogP contribution in [0.3, 0.4) is 0 Å². The van der Waals surface area contributed by atoms with Gasteiger partial charge in [-0.25, -0.2) is 0 Å². The Bertz CT molecular complexity index is 320. The predicted molar refractivity (Wildman–Crippen MR) is 65.5 cm³/mol. The first-order chi connectivity index (χ1) is 8.11. The highest BCUT2D eigenvalue weighted by atomic mass is 16.5. The van der Waals surface area contributed by atoms with Gasteiger partial charge in [0.1, 0.15) is 0 Å². The summed E-state index contributed by atoms with van der Waals surface area (Å²) >= 11 is 0. The second kappa shape index (κ2) is 3.98. The molecule has 0 spiro atoms. The lowest BCUT2D eigenvalue weighted by atomic mass is 9.92. The van der Waals surface area contributed by atoms with Crippen LogP contribution in [0.2, 0.25) is 0 Å². The Hall–Kier alpha value is -0.570. The summed E-state index contributed by atoms with van der Waals surface area (Å²) in [6.45, 7) is 3.84. The van der Waals surface area contributed by atoms with E-state index in [-0.39, 0.29) is 5.60 Å². The zero-order valence-corrected chi connectivity index (χ0v) is 10.9. The second-order valence-corrected chi connectivity index (χ2v) is 6.44. The minimum absolute atomic E-state index is 0.116. The maximum Gasteiger partial charge on any atom is 0.225 e. The molecule has 0 bridgehead atoms. The van der Waals surface area contributed by atoms with Gasteiger partial charge in [0.25, 0.3) is 0 Å². The normalized spacial score (nSPS) is 44.6. The van der Waals surface area contributed by atoms with Gasteiger partial charge in [-0.3, -0.25) is 4.79 Å². The molecular weight excluding hydrogens is 214 g/mol. The Kier molecular flexibility index (Phi) is 2.69. The fourth-order valence-corrected chi connectivity index (χ4v) is 3.74. The third kappa shape index (κ3) is 2.10. The van der Waals surface area contributed by atoms with E-state index in [1.807, 2.05) is 0 Å². The lowest BCUT2D eigenvalue weighted by molar-refractivity contribution is -0.143. The van der Waals surface area contributed by atoms with Gasteiger partial charge in [0, 0.05) is 26.1 Å². The molecule has 0 aromatic heterocycles. The van der Waals surface area contributed by atoms with E-state index in [4.69, 9.17) is 4.74 Å². The fourth-order valence-electron chi connectivity index (χ4n) is 3.74. The molecule has 1 aliphatic heterocycles. The van der Waals surface area contributed by atoms with Gasteiger partial charge < -0.3 is 9.64 Å².